The lowest BCUT2D eigenvalue weighted by Gasteiger charge is -2.22. The van der Waals surface area contributed by atoms with Crippen LogP contribution in [0.4, 0.5) is 5.69 Å². The van der Waals surface area contributed by atoms with E-state index in [1.54, 1.807) is 6.07 Å². The van der Waals surface area contributed by atoms with Crippen molar-refractivity contribution in [1.82, 2.24) is 0 Å². The second kappa shape index (κ2) is 4.67. The first-order valence-corrected chi connectivity index (χ1v) is 4.93. The van der Waals surface area contributed by atoms with E-state index in [4.69, 9.17) is 16.7 Å². The number of nitrogens with one attached hydrogen (secondary N) is 1. The summed E-state index contributed by atoms with van der Waals surface area (Å²) in [6, 6.07) is 8.41. The molecule has 0 aliphatic heterocycles. The lowest BCUT2D eigenvalue weighted by atomic mass is 9.95. The van der Waals surface area contributed by atoms with Gasteiger partial charge in [-0.1, -0.05) is 25.4 Å². The Morgan fingerprint density at radius 3 is 2.71 bits per heavy atom. The van der Waals surface area contributed by atoms with E-state index in [1.807, 2.05) is 26.0 Å². The van der Waals surface area contributed by atoms with Gasteiger partial charge in [-0.25, -0.2) is 0 Å². The smallest absolute Gasteiger partial charge is 0.0498 e. The molecule has 14 heavy (non-hydrogen) atoms. The highest BCUT2D eigenvalue weighted by atomic mass is 35.5. The van der Waals surface area contributed by atoms with Gasteiger partial charge in [-0.3, -0.25) is 0 Å². The molecule has 1 radical (unpaired) electrons. The molecule has 0 fully saturated rings. The molecule has 2 nitrogen and oxygen atoms in total. The fraction of sp³-hybridized carbons (Fsp3) is 0.455. The molecule has 1 aromatic rings. The molecule has 77 valence electrons. The molecule has 0 unspecified atom stereocenters. The van der Waals surface area contributed by atoms with Gasteiger partial charge in [0.15, 0.2) is 0 Å². The van der Waals surface area contributed by atoms with Crippen molar-refractivity contribution in [2.45, 2.75) is 13.8 Å². The molecule has 0 saturated heterocycles. The van der Waals surface area contributed by atoms with Crippen LogP contribution in [0.1, 0.15) is 13.8 Å². The highest BCUT2D eigenvalue weighted by molar-refractivity contribution is 6.30. The van der Waals surface area contributed by atoms with E-state index < -0.39 is 0 Å². The molecule has 0 saturated carbocycles. The lowest BCUT2D eigenvalue weighted by molar-refractivity contribution is 0.171. The van der Waals surface area contributed by atoms with E-state index >= 15 is 0 Å². The molecule has 0 atom stereocenters. The third-order valence-corrected chi connectivity index (χ3v) is 2.20. The van der Waals surface area contributed by atoms with Crippen molar-refractivity contribution in [2.24, 2.45) is 5.41 Å². The molecule has 0 aliphatic carbocycles. The van der Waals surface area contributed by atoms with Crippen molar-refractivity contribution < 1.29 is 5.11 Å². The van der Waals surface area contributed by atoms with E-state index in [9.17, 15) is 0 Å². The Morgan fingerprint density at radius 2 is 2.21 bits per heavy atom. The summed E-state index contributed by atoms with van der Waals surface area (Å²) in [6.45, 7) is 4.86. The first-order valence-electron chi connectivity index (χ1n) is 4.55. The van der Waals surface area contributed by atoms with Gasteiger partial charge >= 0.3 is 0 Å². The van der Waals surface area contributed by atoms with Crippen LogP contribution < -0.4 is 5.32 Å². The summed E-state index contributed by atoms with van der Waals surface area (Å²) in [5.74, 6) is 0. The monoisotopic (exact) mass is 212 g/mol. The Kier molecular flexibility index (Phi) is 3.78. The Balaban J connectivity index is 2.50. The molecule has 0 bridgehead atoms. The van der Waals surface area contributed by atoms with Gasteiger partial charge in [0.05, 0.1) is 0 Å². The fourth-order valence-electron chi connectivity index (χ4n) is 0.906. The Labute approximate surface area is 89.9 Å². The number of aliphatic hydroxyl groups excluding tert-OH is 1. The molecule has 0 aromatic heterocycles. The van der Waals surface area contributed by atoms with Crippen molar-refractivity contribution in [2.75, 3.05) is 18.5 Å². The summed E-state index contributed by atoms with van der Waals surface area (Å²) in [6.07, 6.45) is 0. The van der Waals surface area contributed by atoms with Crippen LogP contribution in [0.2, 0.25) is 5.02 Å². The quantitative estimate of drug-likeness (QED) is 0.804. The van der Waals surface area contributed by atoms with E-state index in [1.165, 1.54) is 0 Å². The van der Waals surface area contributed by atoms with Crippen LogP contribution in [0.3, 0.4) is 0 Å². The summed E-state index contributed by atoms with van der Waals surface area (Å²) in [7, 11) is 0. The van der Waals surface area contributed by atoms with Crippen molar-refractivity contribution >= 4 is 17.3 Å². The van der Waals surface area contributed by atoms with E-state index in [0.717, 1.165) is 5.69 Å². The van der Waals surface area contributed by atoms with Crippen LogP contribution in [0, 0.1) is 11.5 Å². The SMILES string of the molecule is CC(C)(CO)CNc1[c]cc(Cl)cc1. The molecule has 1 aromatic carbocycles. The van der Waals surface area contributed by atoms with Crippen LogP contribution in [-0.4, -0.2) is 18.3 Å². The number of benzene rings is 1. The summed E-state index contributed by atoms with van der Waals surface area (Å²) in [5.41, 5.74) is 0.781. The second-order valence-electron chi connectivity index (χ2n) is 4.10. The third kappa shape index (κ3) is 3.56. The molecular formula is C11H15ClNO. The van der Waals surface area contributed by atoms with Crippen LogP contribution in [-0.2, 0) is 0 Å². The van der Waals surface area contributed by atoms with Crippen LogP contribution in [0.25, 0.3) is 0 Å². The number of rotatable bonds is 4. The van der Waals surface area contributed by atoms with Gasteiger partial charge < -0.3 is 10.4 Å². The highest BCUT2D eigenvalue weighted by Gasteiger charge is 2.15. The molecular weight excluding hydrogens is 198 g/mol. The summed E-state index contributed by atoms with van der Waals surface area (Å²) in [5, 5.41) is 12.9. The minimum Gasteiger partial charge on any atom is -0.396 e. The maximum Gasteiger partial charge on any atom is 0.0498 e. The van der Waals surface area contributed by atoms with Gasteiger partial charge in [0, 0.05) is 35.3 Å². The van der Waals surface area contributed by atoms with Crippen LogP contribution in [0.5, 0.6) is 0 Å². The average molecular weight is 213 g/mol. The zero-order chi connectivity index (χ0) is 10.6. The first kappa shape index (κ1) is 11.3. The standard InChI is InChI=1S/C11H15ClNO/c1-11(2,8-14)7-13-10-5-3-9(12)4-6-10/h3-5,13-14H,7-8H2,1-2H3. The maximum atomic E-state index is 9.04. The van der Waals surface area contributed by atoms with Crippen molar-refractivity contribution in [3.05, 3.63) is 29.3 Å². The average Bonchev–Trinajstić information content (AvgIpc) is 2.17. The fourth-order valence-corrected chi connectivity index (χ4v) is 1.02. The van der Waals surface area contributed by atoms with Gasteiger partial charge in [-0.15, -0.1) is 0 Å². The zero-order valence-corrected chi connectivity index (χ0v) is 9.23. The predicted octanol–water partition coefficient (Wildman–Crippen LogP) is 2.57. The minimum absolute atomic E-state index is 0.118. The lowest BCUT2D eigenvalue weighted by Crippen LogP contribution is -2.26. The number of anilines is 1. The second-order valence-corrected chi connectivity index (χ2v) is 4.53. The number of hydrogen-bond acceptors (Lipinski definition) is 2. The first-order chi connectivity index (χ1) is 6.53. The third-order valence-electron chi connectivity index (χ3n) is 1.96. The van der Waals surface area contributed by atoms with Crippen LogP contribution in [0.15, 0.2) is 18.2 Å². The topological polar surface area (TPSA) is 32.3 Å². The number of aliphatic hydroxyl groups is 1. The van der Waals surface area contributed by atoms with Crippen molar-refractivity contribution in [3.8, 4) is 0 Å². The van der Waals surface area contributed by atoms with Gasteiger partial charge in [0.25, 0.3) is 0 Å². The maximum absolute atomic E-state index is 9.04. The van der Waals surface area contributed by atoms with E-state index in [-0.39, 0.29) is 12.0 Å². The normalized spacial score (nSPS) is 11.4. The molecule has 0 amide bonds. The summed E-state index contributed by atoms with van der Waals surface area (Å²) in [4.78, 5) is 0. The predicted molar refractivity (Wildman–Crippen MR) is 59.6 cm³/mol. The molecule has 3 heteroatoms. The molecule has 0 heterocycles. The molecule has 2 N–H and O–H groups in total. The van der Waals surface area contributed by atoms with Gasteiger partial charge in [-0.05, 0) is 18.2 Å². The van der Waals surface area contributed by atoms with E-state index in [2.05, 4.69) is 11.4 Å². The van der Waals surface area contributed by atoms with Crippen molar-refractivity contribution in [3.63, 3.8) is 0 Å². The van der Waals surface area contributed by atoms with Gasteiger partial charge in [0.1, 0.15) is 0 Å². The Bertz CT molecular complexity index is 282. The van der Waals surface area contributed by atoms with Gasteiger partial charge in [-0.2, -0.15) is 0 Å². The molecule has 0 spiro atoms. The minimum atomic E-state index is -0.118. The van der Waals surface area contributed by atoms with Gasteiger partial charge in [0.2, 0.25) is 0 Å². The largest absolute Gasteiger partial charge is 0.396 e. The number of halogens is 1. The molecule has 1 rings (SSSR count). The zero-order valence-electron chi connectivity index (χ0n) is 8.47. The van der Waals surface area contributed by atoms with Crippen LogP contribution >= 0.6 is 11.6 Å². The van der Waals surface area contributed by atoms with E-state index in [0.29, 0.717) is 11.6 Å². The number of hydrogen-bond donors (Lipinski definition) is 2. The summed E-state index contributed by atoms with van der Waals surface area (Å²) >= 11 is 5.73. The van der Waals surface area contributed by atoms with Crippen molar-refractivity contribution in [1.29, 1.82) is 0 Å². The Morgan fingerprint density at radius 1 is 1.50 bits per heavy atom. The highest BCUT2D eigenvalue weighted by Crippen LogP contribution is 2.17. The Hall–Kier alpha value is -0.730. The molecule has 0 aliphatic rings. The summed E-state index contributed by atoms with van der Waals surface area (Å²) < 4.78 is 0.